The molecule has 0 aromatic rings. The summed E-state index contributed by atoms with van der Waals surface area (Å²) in [4.78, 5) is 33.6. The van der Waals surface area contributed by atoms with E-state index < -0.39 is 6.04 Å². The van der Waals surface area contributed by atoms with Crippen LogP contribution in [-0.2, 0) is 14.4 Å². The van der Waals surface area contributed by atoms with Gasteiger partial charge in [0.05, 0.1) is 11.8 Å². The molecule has 0 spiro atoms. The smallest absolute Gasteiger partial charge is 0.231 e. The largest absolute Gasteiger partial charge is 0.346 e. The topological polar surface area (TPSA) is 75.3 Å². The summed E-state index contributed by atoms with van der Waals surface area (Å²) in [6.07, 6.45) is 2.50. The van der Waals surface area contributed by atoms with Crippen molar-refractivity contribution in [1.29, 1.82) is 0 Å². The third kappa shape index (κ3) is 9.18. The quantitative estimate of drug-likeness (QED) is 0.606. The Morgan fingerprint density at radius 1 is 1.17 bits per heavy atom. The minimum Gasteiger partial charge on any atom is -0.346 e. The number of rotatable bonds is 9. The minimum absolute atomic E-state index is 0.0411. The van der Waals surface area contributed by atoms with Gasteiger partial charge in [0.15, 0.2) is 10.9 Å². The Morgan fingerprint density at radius 3 is 2.33 bits per heavy atom. The molecule has 1 amide bonds. The Balaban J connectivity index is 3.99. The molecule has 0 aromatic carbocycles. The van der Waals surface area contributed by atoms with Gasteiger partial charge in [-0.3, -0.25) is 14.4 Å². The Labute approximate surface area is 112 Å². The van der Waals surface area contributed by atoms with E-state index in [-0.39, 0.29) is 22.6 Å². The molecule has 0 bridgehead atoms. The minimum atomic E-state index is -0.429. The number of carbonyl (C=O) groups is 3. The van der Waals surface area contributed by atoms with Crippen LogP contribution in [0.4, 0.5) is 0 Å². The van der Waals surface area contributed by atoms with E-state index in [1.54, 1.807) is 0 Å². The lowest BCUT2D eigenvalue weighted by Crippen LogP contribution is -2.40. The molecule has 6 heteroatoms. The van der Waals surface area contributed by atoms with Gasteiger partial charge < -0.3 is 10.6 Å². The molecule has 0 saturated carbocycles. The number of hydrogen-bond donors (Lipinski definition) is 2. The van der Waals surface area contributed by atoms with Crippen LogP contribution in [0.15, 0.2) is 0 Å². The highest BCUT2D eigenvalue weighted by molar-refractivity contribution is 8.14. The van der Waals surface area contributed by atoms with E-state index in [1.807, 2.05) is 7.05 Å². The highest BCUT2D eigenvalue weighted by Gasteiger charge is 2.16. The first-order chi connectivity index (χ1) is 8.47. The van der Waals surface area contributed by atoms with Crippen molar-refractivity contribution in [3.8, 4) is 0 Å². The zero-order valence-corrected chi connectivity index (χ0v) is 12.1. The predicted octanol–water partition coefficient (Wildman–Crippen LogP) is 0.730. The summed E-state index contributed by atoms with van der Waals surface area (Å²) in [5.74, 6) is -0.222. The fraction of sp³-hybridized carbons (Fsp3) is 0.750. The molecule has 0 aliphatic carbocycles. The SMILES string of the molecule is CNCCCCC(NC(=O)CSC(C)=O)C(C)=O. The monoisotopic (exact) mass is 274 g/mol. The summed E-state index contributed by atoms with van der Waals surface area (Å²) in [7, 11) is 1.88. The second kappa shape index (κ2) is 10.1. The summed E-state index contributed by atoms with van der Waals surface area (Å²) in [6.45, 7) is 3.79. The van der Waals surface area contributed by atoms with E-state index in [4.69, 9.17) is 0 Å². The van der Waals surface area contributed by atoms with Crippen LogP contribution in [0.25, 0.3) is 0 Å². The normalized spacial score (nSPS) is 11.9. The van der Waals surface area contributed by atoms with Gasteiger partial charge in [-0.25, -0.2) is 0 Å². The maximum Gasteiger partial charge on any atom is 0.231 e. The van der Waals surface area contributed by atoms with Crippen LogP contribution in [0.5, 0.6) is 0 Å². The maximum atomic E-state index is 11.5. The van der Waals surface area contributed by atoms with Crippen molar-refractivity contribution < 1.29 is 14.4 Å². The zero-order valence-electron chi connectivity index (χ0n) is 11.2. The third-order valence-electron chi connectivity index (χ3n) is 2.40. The van der Waals surface area contributed by atoms with Crippen molar-refractivity contribution in [2.75, 3.05) is 19.3 Å². The molecular weight excluding hydrogens is 252 g/mol. The first-order valence-electron chi connectivity index (χ1n) is 6.05. The summed E-state index contributed by atoms with van der Waals surface area (Å²) < 4.78 is 0. The van der Waals surface area contributed by atoms with Crippen LogP contribution < -0.4 is 10.6 Å². The lowest BCUT2D eigenvalue weighted by molar-refractivity contribution is -0.125. The van der Waals surface area contributed by atoms with Crippen molar-refractivity contribution >= 4 is 28.6 Å². The van der Waals surface area contributed by atoms with E-state index in [0.29, 0.717) is 6.42 Å². The molecular formula is C12H22N2O3S. The molecule has 1 atom stereocenters. The molecule has 0 saturated heterocycles. The van der Waals surface area contributed by atoms with Gasteiger partial charge in [0.2, 0.25) is 5.91 Å². The number of hydrogen-bond acceptors (Lipinski definition) is 5. The van der Waals surface area contributed by atoms with Crippen LogP contribution >= 0.6 is 11.8 Å². The molecule has 0 heterocycles. The Morgan fingerprint density at radius 2 is 1.83 bits per heavy atom. The van der Waals surface area contributed by atoms with Crippen molar-refractivity contribution in [3.63, 3.8) is 0 Å². The molecule has 2 N–H and O–H groups in total. The summed E-state index contributed by atoms with van der Waals surface area (Å²) in [5.41, 5.74) is 0. The standard InChI is InChI=1S/C12H22N2O3S/c1-9(15)11(6-4-5-7-13-3)14-12(17)8-18-10(2)16/h11,13H,4-8H2,1-3H3,(H,14,17). The number of thioether (sulfide) groups is 1. The number of Topliss-reactive ketones (excluding diaryl/α,β-unsaturated/α-hetero) is 1. The Bertz CT molecular complexity index is 295. The van der Waals surface area contributed by atoms with Crippen molar-refractivity contribution in [2.45, 2.75) is 39.2 Å². The summed E-state index contributed by atoms with van der Waals surface area (Å²) >= 11 is 0.953. The maximum absolute atomic E-state index is 11.5. The summed E-state index contributed by atoms with van der Waals surface area (Å²) in [5, 5.41) is 5.60. The van der Waals surface area contributed by atoms with Gasteiger partial charge in [-0.15, -0.1) is 0 Å². The van der Waals surface area contributed by atoms with Gasteiger partial charge in [0.1, 0.15) is 0 Å². The van der Waals surface area contributed by atoms with Gasteiger partial charge in [-0.1, -0.05) is 11.8 Å². The average Bonchev–Trinajstić information content (AvgIpc) is 2.30. The van der Waals surface area contributed by atoms with Crippen LogP contribution in [0, 0.1) is 0 Å². The molecule has 0 fully saturated rings. The van der Waals surface area contributed by atoms with Crippen molar-refractivity contribution in [2.24, 2.45) is 0 Å². The van der Waals surface area contributed by atoms with E-state index in [0.717, 1.165) is 31.1 Å². The zero-order chi connectivity index (χ0) is 14.0. The number of ketones is 1. The second-order valence-electron chi connectivity index (χ2n) is 4.11. The molecule has 0 aromatic heterocycles. The Hall–Kier alpha value is -0.880. The highest BCUT2D eigenvalue weighted by Crippen LogP contribution is 2.04. The third-order valence-corrected chi connectivity index (χ3v) is 3.22. The predicted molar refractivity (Wildman–Crippen MR) is 73.5 cm³/mol. The lowest BCUT2D eigenvalue weighted by atomic mass is 10.1. The molecule has 18 heavy (non-hydrogen) atoms. The number of nitrogens with one attached hydrogen (secondary N) is 2. The van der Waals surface area contributed by atoms with E-state index >= 15 is 0 Å². The first-order valence-corrected chi connectivity index (χ1v) is 7.03. The van der Waals surface area contributed by atoms with E-state index in [2.05, 4.69) is 10.6 Å². The first kappa shape index (κ1) is 17.1. The van der Waals surface area contributed by atoms with Gasteiger partial charge in [0, 0.05) is 6.92 Å². The molecule has 0 radical (unpaired) electrons. The second-order valence-corrected chi connectivity index (χ2v) is 5.26. The Kier molecular flexibility index (Phi) is 9.59. The van der Waals surface area contributed by atoms with Crippen LogP contribution in [0.2, 0.25) is 0 Å². The lowest BCUT2D eigenvalue weighted by Gasteiger charge is -2.15. The van der Waals surface area contributed by atoms with E-state index in [9.17, 15) is 14.4 Å². The van der Waals surface area contributed by atoms with Crippen LogP contribution in [-0.4, -0.2) is 42.2 Å². The van der Waals surface area contributed by atoms with Crippen molar-refractivity contribution in [3.05, 3.63) is 0 Å². The van der Waals surface area contributed by atoms with Gasteiger partial charge in [-0.05, 0) is 39.8 Å². The van der Waals surface area contributed by atoms with Gasteiger partial charge in [-0.2, -0.15) is 0 Å². The van der Waals surface area contributed by atoms with Crippen LogP contribution in [0.1, 0.15) is 33.1 Å². The molecule has 0 aliphatic rings. The fourth-order valence-corrected chi connectivity index (χ4v) is 1.85. The molecule has 0 rings (SSSR count). The number of amides is 1. The molecule has 1 unspecified atom stereocenters. The van der Waals surface area contributed by atoms with Gasteiger partial charge >= 0.3 is 0 Å². The fourth-order valence-electron chi connectivity index (χ4n) is 1.43. The summed E-state index contributed by atoms with van der Waals surface area (Å²) in [6, 6.07) is -0.429. The average molecular weight is 274 g/mol. The highest BCUT2D eigenvalue weighted by atomic mass is 32.2. The number of unbranched alkanes of at least 4 members (excludes halogenated alkanes) is 1. The van der Waals surface area contributed by atoms with Crippen molar-refractivity contribution in [1.82, 2.24) is 10.6 Å². The number of carbonyl (C=O) groups excluding carboxylic acids is 3. The van der Waals surface area contributed by atoms with Gasteiger partial charge in [0.25, 0.3) is 0 Å². The molecule has 104 valence electrons. The molecule has 0 aliphatic heterocycles. The van der Waals surface area contributed by atoms with E-state index in [1.165, 1.54) is 13.8 Å². The van der Waals surface area contributed by atoms with Crippen LogP contribution in [0.3, 0.4) is 0 Å². The molecule has 5 nitrogen and oxygen atoms in total.